The van der Waals surface area contributed by atoms with E-state index in [0.717, 1.165) is 18.4 Å². The Labute approximate surface area is 293 Å². The van der Waals surface area contributed by atoms with Gasteiger partial charge in [0.1, 0.15) is 22.9 Å². The van der Waals surface area contributed by atoms with Crippen LogP contribution in [0.15, 0.2) is 42.6 Å². The van der Waals surface area contributed by atoms with Crippen LogP contribution >= 0.6 is 0 Å². The summed E-state index contributed by atoms with van der Waals surface area (Å²) in [5, 5.41) is 3.06. The van der Waals surface area contributed by atoms with Crippen LogP contribution in [-0.2, 0) is 28.6 Å². The summed E-state index contributed by atoms with van der Waals surface area (Å²) in [5.41, 5.74) is 1.21. The predicted molar refractivity (Wildman–Crippen MR) is 192 cm³/mol. The van der Waals surface area contributed by atoms with Crippen LogP contribution in [0, 0.1) is 17.8 Å². The lowest BCUT2D eigenvalue weighted by Gasteiger charge is -2.34. The fourth-order valence-electron chi connectivity index (χ4n) is 4.79. The van der Waals surface area contributed by atoms with E-state index >= 15 is 0 Å². The summed E-state index contributed by atoms with van der Waals surface area (Å²) in [6.07, 6.45) is 4.16. The van der Waals surface area contributed by atoms with Gasteiger partial charge in [0.05, 0.1) is 45.3 Å². The molecule has 0 saturated heterocycles. The van der Waals surface area contributed by atoms with Crippen LogP contribution < -0.4 is 5.32 Å². The Hall–Kier alpha value is -3.60. The molecule has 10 nitrogen and oxygen atoms in total. The molecule has 0 fully saturated rings. The lowest BCUT2D eigenvalue weighted by Crippen LogP contribution is -2.58. The van der Waals surface area contributed by atoms with Crippen molar-refractivity contribution in [2.45, 2.75) is 92.5 Å². The van der Waals surface area contributed by atoms with Gasteiger partial charge >= 0.3 is 0 Å². The number of Topliss-reactive ketones (excluding diaryl/α,β-unsaturated/α-hetero) is 4. The van der Waals surface area contributed by atoms with Crippen molar-refractivity contribution in [1.82, 2.24) is 10.3 Å². The van der Waals surface area contributed by atoms with E-state index in [2.05, 4.69) is 10.3 Å². The van der Waals surface area contributed by atoms with Gasteiger partial charge in [0, 0.05) is 67.8 Å². The molecule has 2 rings (SSSR count). The molecule has 1 aromatic carbocycles. The fourth-order valence-corrected chi connectivity index (χ4v) is 4.79. The molecule has 10 heteroatoms. The number of hydrogen-bond acceptors (Lipinski definition) is 9. The highest BCUT2D eigenvalue weighted by molar-refractivity contribution is 5.97. The number of ketones is 4. The Morgan fingerprint density at radius 2 is 1.24 bits per heavy atom. The molecule has 49 heavy (non-hydrogen) atoms. The molecule has 1 amide bonds. The van der Waals surface area contributed by atoms with Crippen molar-refractivity contribution in [1.29, 1.82) is 0 Å². The monoisotopic (exact) mass is 682 g/mol. The van der Waals surface area contributed by atoms with Crippen LogP contribution in [0.4, 0.5) is 0 Å². The molecule has 1 heterocycles. The van der Waals surface area contributed by atoms with Crippen LogP contribution in [0.1, 0.15) is 109 Å². The number of carbonyl (C=O) groups is 5. The maximum absolute atomic E-state index is 13.7. The van der Waals surface area contributed by atoms with E-state index in [4.69, 9.17) is 14.2 Å². The largest absolute Gasteiger partial charge is 0.378 e. The molecule has 3 unspecified atom stereocenters. The van der Waals surface area contributed by atoms with Crippen LogP contribution in [0.2, 0.25) is 0 Å². The number of carbonyl (C=O) groups excluding carboxylic acids is 5. The number of nitrogens with one attached hydrogen (secondary N) is 1. The Morgan fingerprint density at radius 3 is 1.73 bits per heavy atom. The molecule has 0 spiro atoms. The van der Waals surface area contributed by atoms with Crippen LogP contribution in [0.5, 0.6) is 0 Å². The predicted octanol–water partition coefficient (Wildman–Crippen LogP) is 6.73. The molecule has 0 aliphatic carbocycles. The third kappa shape index (κ3) is 14.0. The molecule has 0 radical (unpaired) electrons. The van der Waals surface area contributed by atoms with E-state index in [9.17, 15) is 24.0 Å². The molecule has 272 valence electrons. The minimum absolute atomic E-state index is 0. The summed E-state index contributed by atoms with van der Waals surface area (Å²) in [5.74, 6) is -0.393. The molecular weight excluding hydrogens is 624 g/mol. The lowest BCUT2D eigenvalue weighted by atomic mass is 9.98. The second-order valence-corrected chi connectivity index (χ2v) is 13.1. The summed E-state index contributed by atoms with van der Waals surface area (Å²) in [6.45, 7) is 13.6. The van der Waals surface area contributed by atoms with Gasteiger partial charge in [-0.1, -0.05) is 60.6 Å². The van der Waals surface area contributed by atoms with Crippen molar-refractivity contribution in [2.24, 2.45) is 17.8 Å². The zero-order valence-corrected chi connectivity index (χ0v) is 30.5. The summed E-state index contributed by atoms with van der Waals surface area (Å²) in [6, 6.07) is 10.5. The molecule has 0 aliphatic heterocycles. The zero-order chi connectivity index (χ0) is 36.4. The molecule has 0 aliphatic rings. The van der Waals surface area contributed by atoms with E-state index < -0.39 is 11.4 Å². The molecule has 2 aromatic rings. The van der Waals surface area contributed by atoms with Gasteiger partial charge < -0.3 is 19.5 Å². The van der Waals surface area contributed by atoms with E-state index in [1.807, 2.05) is 41.5 Å². The number of pyridine rings is 1. The van der Waals surface area contributed by atoms with Gasteiger partial charge in [0.25, 0.3) is 5.91 Å². The van der Waals surface area contributed by atoms with Gasteiger partial charge in [0.2, 0.25) is 0 Å². The summed E-state index contributed by atoms with van der Waals surface area (Å²) >= 11 is 0. The molecule has 1 aromatic heterocycles. The first-order chi connectivity index (χ1) is 23.4. The van der Waals surface area contributed by atoms with Gasteiger partial charge in [-0.15, -0.1) is 0 Å². The molecule has 0 bridgehead atoms. The molecular formula is C39H58N2O8. The Morgan fingerprint density at radius 1 is 0.714 bits per heavy atom. The number of ether oxygens (including phenoxy) is 3. The maximum atomic E-state index is 13.7. The first kappa shape index (κ1) is 41.6. The number of aromatic nitrogens is 1. The van der Waals surface area contributed by atoms with Gasteiger partial charge in [-0.05, 0) is 37.1 Å². The fraction of sp³-hybridized carbons (Fsp3) is 0.590. The second-order valence-electron chi connectivity index (χ2n) is 13.1. The summed E-state index contributed by atoms with van der Waals surface area (Å²) < 4.78 is 17.9. The first-order valence-electron chi connectivity index (χ1n) is 17.6. The minimum atomic E-state index is -1.18. The molecule has 0 saturated carbocycles. The molecule has 1 N–H and O–H groups in total. The van der Waals surface area contributed by atoms with Crippen LogP contribution in [0.25, 0.3) is 11.3 Å². The Balaban J connectivity index is 0.0000125. The quantitative estimate of drug-likeness (QED) is 0.0892. The van der Waals surface area contributed by atoms with Gasteiger partial charge in [-0.25, -0.2) is 0 Å². The van der Waals surface area contributed by atoms with Crippen molar-refractivity contribution < 1.29 is 39.6 Å². The lowest BCUT2D eigenvalue weighted by molar-refractivity contribution is -0.124. The highest BCUT2D eigenvalue weighted by atomic mass is 16.5. The van der Waals surface area contributed by atoms with E-state index in [-0.39, 0.29) is 101 Å². The highest BCUT2D eigenvalue weighted by Crippen LogP contribution is 2.21. The van der Waals surface area contributed by atoms with Crippen LogP contribution in [-0.4, -0.2) is 79.2 Å². The first-order valence-corrected chi connectivity index (χ1v) is 17.6. The minimum Gasteiger partial charge on any atom is -0.378 e. The average Bonchev–Trinajstić information content (AvgIpc) is 3.12. The second kappa shape index (κ2) is 21.5. The number of hydrogen-bond donors (Lipinski definition) is 1. The average molecular weight is 683 g/mol. The molecule has 3 atom stereocenters. The third-order valence-electron chi connectivity index (χ3n) is 8.78. The normalized spacial score (nSPS) is 13.8. The zero-order valence-electron chi connectivity index (χ0n) is 30.5. The third-order valence-corrected chi connectivity index (χ3v) is 8.78. The number of nitrogens with zero attached hydrogens (tertiary/aromatic N) is 1. The highest BCUT2D eigenvalue weighted by Gasteiger charge is 2.34. The summed E-state index contributed by atoms with van der Waals surface area (Å²) in [4.78, 5) is 67.3. The Kier molecular flexibility index (Phi) is 18.2. The topological polar surface area (TPSA) is 138 Å². The smallest absolute Gasteiger partial charge is 0.251 e. The number of benzene rings is 1. The SMILES string of the molecule is CCC(=O)CCOCC(COCCC(=O)C(C)C)(COCCC(=O)C(C)CC)NC(=O)c1ccc(-c2ccc(C(=O)C(C)CC)cn2)cc1.[HH]. The van der Waals surface area contributed by atoms with Crippen molar-refractivity contribution >= 4 is 29.0 Å². The summed E-state index contributed by atoms with van der Waals surface area (Å²) in [7, 11) is 0. The van der Waals surface area contributed by atoms with Gasteiger partial charge in [-0.3, -0.25) is 29.0 Å². The number of rotatable bonds is 25. The number of amides is 1. The van der Waals surface area contributed by atoms with Crippen molar-refractivity contribution in [3.05, 3.63) is 53.7 Å². The van der Waals surface area contributed by atoms with Crippen molar-refractivity contribution in [3.63, 3.8) is 0 Å². The Bertz CT molecular complexity index is 1360. The maximum Gasteiger partial charge on any atom is 0.251 e. The van der Waals surface area contributed by atoms with E-state index in [1.54, 1.807) is 49.5 Å². The van der Waals surface area contributed by atoms with Crippen molar-refractivity contribution in [3.8, 4) is 11.3 Å². The standard InChI is InChI=1S/C39H56N2O8.H2/c1-8-28(6)36(44)19-22-49-26-39(24-47-20-17-33(42)10-3,25-48-21-18-35(43)27(4)5)41-38(46)31-13-11-30(12-14-31)34-16-15-32(23-40-34)37(45)29(7)9-2;/h11-16,23,27-29H,8-10,17-22,24-26H2,1-7H3,(H,41,46);1H. The van der Waals surface area contributed by atoms with Gasteiger partial charge in [0.15, 0.2) is 5.78 Å². The van der Waals surface area contributed by atoms with E-state index in [0.29, 0.717) is 23.2 Å². The van der Waals surface area contributed by atoms with E-state index in [1.165, 1.54) is 0 Å². The van der Waals surface area contributed by atoms with Crippen molar-refractivity contribution in [2.75, 3.05) is 39.6 Å². The van der Waals surface area contributed by atoms with Gasteiger partial charge in [-0.2, -0.15) is 0 Å². The van der Waals surface area contributed by atoms with Crippen LogP contribution in [0.3, 0.4) is 0 Å².